The van der Waals surface area contributed by atoms with E-state index in [1.807, 2.05) is 0 Å². The predicted molar refractivity (Wildman–Crippen MR) is 100 cm³/mol. The van der Waals surface area contributed by atoms with Crippen molar-refractivity contribution in [2.24, 2.45) is 11.8 Å². The first-order chi connectivity index (χ1) is 11.7. The molecule has 1 fully saturated rings. The standard InChI is InChI=1S/C21H28N2O/c1-16(17-9-12-22-13-10-17)15-21(24)23-14-11-19-7-4-6-18-5-2-3-8-20(18)19/h2-8,16-17,22H,9-15H2,1H3,(H,23,24). The molecule has 128 valence electrons. The molecule has 1 aliphatic rings. The fourth-order valence-electron chi connectivity index (χ4n) is 3.79. The number of hydrogen-bond acceptors (Lipinski definition) is 2. The van der Waals surface area contributed by atoms with Crippen LogP contribution in [0.1, 0.15) is 31.7 Å². The number of nitrogens with one attached hydrogen (secondary N) is 2. The van der Waals surface area contributed by atoms with Crippen molar-refractivity contribution in [2.45, 2.75) is 32.6 Å². The molecule has 2 aromatic rings. The molecule has 1 aliphatic heterocycles. The van der Waals surface area contributed by atoms with Crippen LogP contribution in [0.3, 0.4) is 0 Å². The maximum atomic E-state index is 12.2. The highest BCUT2D eigenvalue weighted by molar-refractivity contribution is 5.85. The number of rotatable bonds is 6. The Morgan fingerprint density at radius 1 is 1.17 bits per heavy atom. The first kappa shape index (κ1) is 17.0. The quantitative estimate of drug-likeness (QED) is 0.853. The molecule has 0 saturated carbocycles. The zero-order chi connectivity index (χ0) is 16.8. The van der Waals surface area contributed by atoms with Crippen molar-refractivity contribution in [1.29, 1.82) is 0 Å². The monoisotopic (exact) mass is 324 g/mol. The summed E-state index contributed by atoms with van der Waals surface area (Å²) in [6.45, 7) is 5.13. The van der Waals surface area contributed by atoms with Gasteiger partial charge < -0.3 is 10.6 Å². The number of carbonyl (C=O) groups is 1. The van der Waals surface area contributed by atoms with Crippen LogP contribution in [0.2, 0.25) is 0 Å². The molecule has 1 unspecified atom stereocenters. The highest BCUT2D eigenvalue weighted by atomic mass is 16.1. The van der Waals surface area contributed by atoms with Gasteiger partial charge in [0, 0.05) is 13.0 Å². The van der Waals surface area contributed by atoms with E-state index in [9.17, 15) is 4.79 Å². The lowest BCUT2D eigenvalue weighted by molar-refractivity contribution is -0.122. The molecule has 1 amide bonds. The highest BCUT2D eigenvalue weighted by Crippen LogP contribution is 2.24. The van der Waals surface area contributed by atoms with E-state index in [0.29, 0.717) is 24.8 Å². The van der Waals surface area contributed by atoms with Crippen molar-refractivity contribution in [1.82, 2.24) is 10.6 Å². The van der Waals surface area contributed by atoms with E-state index in [1.54, 1.807) is 0 Å². The molecular formula is C21H28N2O. The van der Waals surface area contributed by atoms with Gasteiger partial charge >= 0.3 is 0 Å². The summed E-state index contributed by atoms with van der Waals surface area (Å²) in [6, 6.07) is 14.8. The van der Waals surface area contributed by atoms with Crippen LogP contribution >= 0.6 is 0 Å². The van der Waals surface area contributed by atoms with E-state index in [1.165, 1.54) is 29.2 Å². The molecular weight excluding hydrogens is 296 g/mol. The van der Waals surface area contributed by atoms with Gasteiger partial charge in [-0.25, -0.2) is 0 Å². The average molecular weight is 324 g/mol. The maximum absolute atomic E-state index is 12.2. The first-order valence-corrected chi connectivity index (χ1v) is 9.18. The third-order valence-electron chi connectivity index (χ3n) is 5.29. The minimum Gasteiger partial charge on any atom is -0.356 e. The lowest BCUT2D eigenvalue weighted by Crippen LogP contribution is -2.34. The molecule has 2 N–H and O–H groups in total. The Bertz CT molecular complexity index is 671. The van der Waals surface area contributed by atoms with E-state index in [-0.39, 0.29) is 5.91 Å². The van der Waals surface area contributed by atoms with Gasteiger partial charge in [0.1, 0.15) is 0 Å². The van der Waals surface area contributed by atoms with E-state index in [4.69, 9.17) is 0 Å². The third-order valence-corrected chi connectivity index (χ3v) is 5.29. The summed E-state index contributed by atoms with van der Waals surface area (Å²) in [7, 11) is 0. The van der Waals surface area contributed by atoms with E-state index >= 15 is 0 Å². The third kappa shape index (κ3) is 4.35. The number of amides is 1. The Morgan fingerprint density at radius 3 is 2.75 bits per heavy atom. The van der Waals surface area contributed by atoms with Gasteiger partial charge in [0.2, 0.25) is 5.91 Å². The Hall–Kier alpha value is -1.87. The first-order valence-electron chi connectivity index (χ1n) is 9.18. The van der Waals surface area contributed by atoms with Crippen molar-refractivity contribution in [3.63, 3.8) is 0 Å². The Balaban J connectivity index is 1.47. The van der Waals surface area contributed by atoms with Crippen LogP contribution in [-0.2, 0) is 11.2 Å². The normalized spacial score (nSPS) is 16.9. The smallest absolute Gasteiger partial charge is 0.220 e. The van der Waals surface area contributed by atoms with Gasteiger partial charge in [0.15, 0.2) is 0 Å². The molecule has 3 nitrogen and oxygen atoms in total. The number of benzene rings is 2. The SMILES string of the molecule is CC(CC(=O)NCCc1cccc2ccccc12)C1CCNCC1. The van der Waals surface area contributed by atoms with Gasteiger partial charge in [-0.05, 0) is 60.5 Å². The molecule has 1 saturated heterocycles. The number of hydrogen-bond donors (Lipinski definition) is 2. The van der Waals surface area contributed by atoms with Gasteiger partial charge in [-0.3, -0.25) is 4.79 Å². The largest absolute Gasteiger partial charge is 0.356 e. The number of carbonyl (C=O) groups excluding carboxylic acids is 1. The predicted octanol–water partition coefficient (Wildman–Crippen LogP) is 3.52. The fraction of sp³-hybridized carbons (Fsp3) is 0.476. The van der Waals surface area contributed by atoms with Crippen LogP contribution in [0, 0.1) is 11.8 Å². The van der Waals surface area contributed by atoms with Crippen molar-refractivity contribution < 1.29 is 4.79 Å². The topological polar surface area (TPSA) is 41.1 Å². The van der Waals surface area contributed by atoms with Gasteiger partial charge in [0.25, 0.3) is 0 Å². The van der Waals surface area contributed by atoms with Crippen molar-refractivity contribution in [3.8, 4) is 0 Å². The van der Waals surface area contributed by atoms with Crippen LogP contribution in [0.5, 0.6) is 0 Å². The molecule has 3 heteroatoms. The average Bonchev–Trinajstić information content (AvgIpc) is 2.62. The van der Waals surface area contributed by atoms with Crippen molar-refractivity contribution in [3.05, 3.63) is 48.0 Å². The van der Waals surface area contributed by atoms with Gasteiger partial charge in [-0.1, -0.05) is 49.4 Å². The van der Waals surface area contributed by atoms with Crippen LogP contribution in [0.15, 0.2) is 42.5 Å². The van der Waals surface area contributed by atoms with E-state index in [2.05, 4.69) is 60.0 Å². The second-order valence-electron chi connectivity index (χ2n) is 7.01. The number of piperidine rings is 1. The van der Waals surface area contributed by atoms with Gasteiger partial charge in [-0.15, -0.1) is 0 Å². The molecule has 1 heterocycles. The molecule has 3 rings (SSSR count). The molecule has 24 heavy (non-hydrogen) atoms. The fourth-order valence-corrected chi connectivity index (χ4v) is 3.79. The van der Waals surface area contributed by atoms with E-state index < -0.39 is 0 Å². The molecule has 0 spiro atoms. The maximum Gasteiger partial charge on any atom is 0.220 e. The van der Waals surface area contributed by atoms with Crippen LogP contribution < -0.4 is 10.6 Å². The highest BCUT2D eigenvalue weighted by Gasteiger charge is 2.21. The summed E-state index contributed by atoms with van der Waals surface area (Å²) in [6.07, 6.45) is 3.93. The van der Waals surface area contributed by atoms with Crippen molar-refractivity contribution >= 4 is 16.7 Å². The lowest BCUT2D eigenvalue weighted by Gasteiger charge is -2.27. The zero-order valence-electron chi connectivity index (χ0n) is 14.6. The number of fused-ring (bicyclic) bond motifs is 1. The Morgan fingerprint density at radius 2 is 1.92 bits per heavy atom. The molecule has 2 aromatic carbocycles. The van der Waals surface area contributed by atoms with Crippen molar-refractivity contribution in [2.75, 3.05) is 19.6 Å². The van der Waals surface area contributed by atoms with E-state index in [0.717, 1.165) is 19.5 Å². The second kappa shape index (κ2) is 8.29. The Labute approximate surface area is 144 Å². The Kier molecular flexibility index (Phi) is 5.86. The molecule has 0 radical (unpaired) electrons. The zero-order valence-corrected chi connectivity index (χ0v) is 14.6. The summed E-state index contributed by atoms with van der Waals surface area (Å²) in [5, 5.41) is 9.05. The summed E-state index contributed by atoms with van der Waals surface area (Å²) >= 11 is 0. The molecule has 1 atom stereocenters. The molecule has 0 aliphatic carbocycles. The van der Waals surface area contributed by atoms with Gasteiger partial charge in [0.05, 0.1) is 0 Å². The molecule has 0 bridgehead atoms. The minimum absolute atomic E-state index is 0.196. The summed E-state index contributed by atoms with van der Waals surface area (Å²) in [5.74, 6) is 1.36. The lowest BCUT2D eigenvalue weighted by atomic mass is 9.84. The van der Waals surface area contributed by atoms with Crippen LogP contribution in [-0.4, -0.2) is 25.5 Å². The molecule has 0 aromatic heterocycles. The minimum atomic E-state index is 0.196. The van der Waals surface area contributed by atoms with Crippen LogP contribution in [0.4, 0.5) is 0 Å². The summed E-state index contributed by atoms with van der Waals surface area (Å²) in [5.41, 5.74) is 1.31. The summed E-state index contributed by atoms with van der Waals surface area (Å²) in [4.78, 5) is 12.2. The van der Waals surface area contributed by atoms with Gasteiger partial charge in [-0.2, -0.15) is 0 Å². The van der Waals surface area contributed by atoms with Crippen LogP contribution in [0.25, 0.3) is 10.8 Å². The second-order valence-corrected chi connectivity index (χ2v) is 7.01. The summed E-state index contributed by atoms with van der Waals surface area (Å²) < 4.78 is 0.